The maximum Gasteiger partial charge on any atom is 0.310 e. The van der Waals surface area contributed by atoms with Gasteiger partial charge in [0.1, 0.15) is 0 Å². The van der Waals surface area contributed by atoms with Crippen LogP contribution in [0.1, 0.15) is 13.3 Å². The number of carbonyl (C=O) groups excluding carboxylic acids is 1. The van der Waals surface area contributed by atoms with Crippen molar-refractivity contribution in [3.8, 4) is 0 Å². The molecule has 1 heterocycles. The van der Waals surface area contributed by atoms with Crippen LogP contribution in [0.2, 0.25) is 0 Å². The fraction of sp³-hybridized carbons (Fsp3) is 0.500. The van der Waals surface area contributed by atoms with Crippen LogP contribution < -0.4 is 5.32 Å². The molecule has 0 bridgehead atoms. The molecule has 4 nitrogen and oxygen atoms in total. The Morgan fingerprint density at radius 3 is 3.00 bits per heavy atom. The first-order valence-electron chi connectivity index (χ1n) is 4.72. The second kappa shape index (κ2) is 5.32. The maximum atomic E-state index is 11.2. The van der Waals surface area contributed by atoms with Gasteiger partial charge in [-0.25, -0.2) is 0 Å². The van der Waals surface area contributed by atoms with Gasteiger partial charge in [-0.2, -0.15) is 0 Å². The van der Waals surface area contributed by atoms with Gasteiger partial charge in [-0.3, -0.25) is 4.79 Å². The van der Waals surface area contributed by atoms with Crippen molar-refractivity contribution in [1.29, 1.82) is 0 Å². The molecule has 0 radical (unpaired) electrons. The van der Waals surface area contributed by atoms with Crippen LogP contribution in [0, 0.1) is 5.92 Å². The Labute approximate surface area is 83.7 Å². The lowest BCUT2D eigenvalue weighted by atomic mass is 10.1. The normalized spacial score (nSPS) is 12.1. The second-order valence-electron chi connectivity index (χ2n) is 3.11. The minimum absolute atomic E-state index is 0.0742. The van der Waals surface area contributed by atoms with Crippen LogP contribution in [-0.2, 0) is 9.53 Å². The molecule has 0 aliphatic carbocycles. The van der Waals surface area contributed by atoms with Crippen LogP contribution in [0.5, 0.6) is 0 Å². The fourth-order valence-electron chi connectivity index (χ4n) is 1.24. The number of H-pyrrole nitrogens is 1. The van der Waals surface area contributed by atoms with Crippen molar-refractivity contribution in [3.63, 3.8) is 0 Å². The molecule has 1 aromatic rings. The largest absolute Gasteiger partial charge is 0.469 e. The van der Waals surface area contributed by atoms with E-state index in [1.165, 1.54) is 7.11 Å². The van der Waals surface area contributed by atoms with Gasteiger partial charge in [-0.05, 0) is 12.5 Å². The van der Waals surface area contributed by atoms with E-state index in [0.717, 1.165) is 12.1 Å². The highest BCUT2D eigenvalue weighted by atomic mass is 16.5. The summed E-state index contributed by atoms with van der Waals surface area (Å²) in [4.78, 5) is 14.2. The molecule has 1 rings (SSSR count). The molecule has 0 aliphatic rings. The minimum atomic E-state index is -0.157. The number of hydrogen-bond acceptors (Lipinski definition) is 3. The molecule has 0 spiro atoms. The van der Waals surface area contributed by atoms with Crippen molar-refractivity contribution in [1.82, 2.24) is 4.98 Å². The topological polar surface area (TPSA) is 54.1 Å². The van der Waals surface area contributed by atoms with E-state index in [1.807, 2.05) is 25.4 Å². The van der Waals surface area contributed by atoms with E-state index in [0.29, 0.717) is 6.54 Å². The first-order valence-corrected chi connectivity index (χ1v) is 4.72. The third-order valence-corrected chi connectivity index (χ3v) is 2.18. The van der Waals surface area contributed by atoms with Gasteiger partial charge in [0, 0.05) is 18.9 Å². The smallest absolute Gasteiger partial charge is 0.310 e. The predicted molar refractivity (Wildman–Crippen MR) is 55.1 cm³/mol. The van der Waals surface area contributed by atoms with Crippen molar-refractivity contribution in [2.24, 2.45) is 5.92 Å². The van der Waals surface area contributed by atoms with E-state index in [4.69, 9.17) is 0 Å². The van der Waals surface area contributed by atoms with Crippen LogP contribution in [0.4, 0.5) is 5.69 Å². The lowest BCUT2D eigenvalue weighted by Crippen LogP contribution is -2.23. The van der Waals surface area contributed by atoms with E-state index in [2.05, 4.69) is 15.0 Å². The molecule has 0 saturated carbocycles. The molecule has 1 atom stereocenters. The van der Waals surface area contributed by atoms with Crippen LogP contribution in [-0.4, -0.2) is 24.6 Å². The first-order chi connectivity index (χ1) is 6.77. The Hall–Kier alpha value is -1.45. The van der Waals surface area contributed by atoms with E-state index in [1.54, 1.807) is 0 Å². The van der Waals surface area contributed by atoms with Crippen LogP contribution in [0.25, 0.3) is 0 Å². The first kappa shape index (κ1) is 10.6. The van der Waals surface area contributed by atoms with E-state index < -0.39 is 0 Å². The standard InChI is InChI=1S/C10H16N2O2/c1-3-8(10(13)14-2)6-12-9-4-5-11-7-9/h4-5,7-8,11-12H,3,6H2,1-2H3. The zero-order valence-electron chi connectivity index (χ0n) is 8.54. The van der Waals surface area contributed by atoms with Gasteiger partial charge in [-0.15, -0.1) is 0 Å². The predicted octanol–water partition coefficient (Wildman–Crippen LogP) is 1.63. The summed E-state index contributed by atoms with van der Waals surface area (Å²) in [5.41, 5.74) is 0.993. The molecule has 0 fully saturated rings. The molecule has 0 saturated heterocycles. The molecule has 2 N–H and O–H groups in total. The molecule has 0 aliphatic heterocycles. The van der Waals surface area contributed by atoms with Gasteiger partial charge in [-0.1, -0.05) is 6.92 Å². The number of nitrogens with one attached hydrogen (secondary N) is 2. The number of hydrogen-bond donors (Lipinski definition) is 2. The fourth-order valence-corrected chi connectivity index (χ4v) is 1.24. The summed E-state index contributed by atoms with van der Waals surface area (Å²) >= 11 is 0. The number of anilines is 1. The Kier molecular flexibility index (Phi) is 4.04. The van der Waals surface area contributed by atoms with Crippen LogP contribution in [0.15, 0.2) is 18.5 Å². The van der Waals surface area contributed by atoms with Gasteiger partial charge in [0.05, 0.1) is 18.7 Å². The summed E-state index contributed by atoms with van der Waals surface area (Å²) < 4.78 is 4.69. The third kappa shape index (κ3) is 2.80. The highest BCUT2D eigenvalue weighted by Gasteiger charge is 2.16. The van der Waals surface area contributed by atoms with Crippen molar-refractivity contribution in [3.05, 3.63) is 18.5 Å². The zero-order chi connectivity index (χ0) is 10.4. The number of ether oxygens (including phenoxy) is 1. The zero-order valence-corrected chi connectivity index (χ0v) is 8.54. The summed E-state index contributed by atoms with van der Waals surface area (Å²) in [6.45, 7) is 2.58. The van der Waals surface area contributed by atoms with Gasteiger partial charge in [0.2, 0.25) is 0 Å². The second-order valence-corrected chi connectivity index (χ2v) is 3.11. The van der Waals surface area contributed by atoms with Crippen molar-refractivity contribution < 1.29 is 9.53 Å². The number of rotatable bonds is 5. The number of methoxy groups -OCH3 is 1. The molecule has 14 heavy (non-hydrogen) atoms. The number of esters is 1. The molecule has 0 amide bonds. The highest BCUT2D eigenvalue weighted by molar-refractivity contribution is 5.72. The van der Waals surface area contributed by atoms with Gasteiger partial charge < -0.3 is 15.0 Å². The maximum absolute atomic E-state index is 11.2. The SMILES string of the molecule is CCC(CNc1cc[nH]c1)C(=O)OC. The quantitative estimate of drug-likeness (QED) is 0.704. The molecule has 4 heteroatoms. The highest BCUT2D eigenvalue weighted by Crippen LogP contribution is 2.09. The molecule has 1 aromatic heterocycles. The van der Waals surface area contributed by atoms with Gasteiger partial charge in [0.25, 0.3) is 0 Å². The van der Waals surface area contributed by atoms with E-state index in [9.17, 15) is 4.79 Å². The number of aromatic nitrogens is 1. The Bertz CT molecular complexity index is 270. The molecule has 1 unspecified atom stereocenters. The monoisotopic (exact) mass is 196 g/mol. The Morgan fingerprint density at radius 1 is 1.71 bits per heavy atom. The number of aromatic amines is 1. The average Bonchev–Trinajstić information content (AvgIpc) is 2.71. The average molecular weight is 196 g/mol. The molecular formula is C10H16N2O2. The van der Waals surface area contributed by atoms with Crippen molar-refractivity contribution in [2.75, 3.05) is 19.0 Å². The van der Waals surface area contributed by atoms with Crippen molar-refractivity contribution >= 4 is 11.7 Å². The Balaban J connectivity index is 2.38. The molecule has 78 valence electrons. The van der Waals surface area contributed by atoms with E-state index in [-0.39, 0.29) is 11.9 Å². The van der Waals surface area contributed by atoms with Crippen LogP contribution >= 0.6 is 0 Å². The lowest BCUT2D eigenvalue weighted by molar-refractivity contribution is -0.145. The van der Waals surface area contributed by atoms with Crippen molar-refractivity contribution in [2.45, 2.75) is 13.3 Å². The summed E-state index contributed by atoms with van der Waals surface area (Å²) in [6, 6.07) is 1.92. The van der Waals surface area contributed by atoms with Gasteiger partial charge in [0.15, 0.2) is 0 Å². The molecular weight excluding hydrogens is 180 g/mol. The third-order valence-electron chi connectivity index (χ3n) is 2.18. The summed E-state index contributed by atoms with van der Waals surface area (Å²) in [7, 11) is 1.42. The van der Waals surface area contributed by atoms with E-state index >= 15 is 0 Å². The van der Waals surface area contributed by atoms with Crippen LogP contribution in [0.3, 0.4) is 0 Å². The molecule has 0 aromatic carbocycles. The number of carbonyl (C=O) groups is 1. The minimum Gasteiger partial charge on any atom is -0.469 e. The Morgan fingerprint density at radius 2 is 2.50 bits per heavy atom. The summed E-state index contributed by atoms with van der Waals surface area (Å²) in [6.07, 6.45) is 4.47. The van der Waals surface area contributed by atoms with Gasteiger partial charge >= 0.3 is 5.97 Å². The summed E-state index contributed by atoms with van der Waals surface area (Å²) in [5, 5.41) is 3.16. The summed E-state index contributed by atoms with van der Waals surface area (Å²) in [5.74, 6) is -0.231. The lowest BCUT2D eigenvalue weighted by Gasteiger charge is -2.12.